The van der Waals surface area contributed by atoms with E-state index in [1.54, 1.807) is 0 Å². The largest absolute Gasteiger partial charge is 0.324 e. The van der Waals surface area contributed by atoms with Crippen LogP contribution in [0.15, 0.2) is 23.1 Å². The maximum absolute atomic E-state index is 13.1. The number of halogens is 6. The molecule has 1 atom stereocenters. The minimum atomic E-state index is -9.81. The van der Waals surface area contributed by atoms with Crippen molar-refractivity contribution in [2.45, 2.75) is 17.9 Å². The molecule has 1 rings (SSSR count). The molecule has 0 aliphatic rings. The van der Waals surface area contributed by atoms with Crippen molar-refractivity contribution in [3.8, 4) is 0 Å². The van der Waals surface area contributed by atoms with Crippen molar-refractivity contribution in [1.82, 2.24) is 0 Å². The molecule has 1 nitrogen and oxygen atoms in total. The predicted octanol–water partition coefficient (Wildman–Crippen LogP) is 4.50. The van der Waals surface area contributed by atoms with Gasteiger partial charge in [-0.2, -0.15) is 0 Å². The van der Waals surface area contributed by atoms with Crippen molar-refractivity contribution in [1.29, 1.82) is 0 Å². The van der Waals surface area contributed by atoms with Gasteiger partial charge in [-0.3, -0.25) is 0 Å². The highest BCUT2D eigenvalue weighted by molar-refractivity contribution is 8.45. The molecule has 0 aliphatic heterocycles. The third-order valence-corrected chi connectivity index (χ3v) is 3.05. The van der Waals surface area contributed by atoms with Gasteiger partial charge in [0.2, 0.25) is 0 Å². The summed E-state index contributed by atoms with van der Waals surface area (Å²) in [6.07, 6.45) is 0. The molecule has 0 spiro atoms. The zero-order valence-corrected chi connectivity index (χ0v) is 8.88. The summed E-state index contributed by atoms with van der Waals surface area (Å²) >= 11 is 0. The molecule has 0 saturated heterocycles. The van der Waals surface area contributed by atoms with Crippen LogP contribution in [0, 0.1) is 5.82 Å². The van der Waals surface area contributed by atoms with Crippen molar-refractivity contribution >= 4 is 10.2 Å². The molecule has 94 valence electrons. The summed E-state index contributed by atoms with van der Waals surface area (Å²) in [6.45, 7) is 1.33. The Morgan fingerprint density at radius 1 is 1.12 bits per heavy atom. The fraction of sp³-hybridized carbons (Fsp3) is 0.250. The highest BCUT2D eigenvalue weighted by atomic mass is 32.5. The number of hydrogen-bond donors (Lipinski definition) is 1. The topological polar surface area (TPSA) is 26.0 Å². The molecule has 8 heteroatoms. The van der Waals surface area contributed by atoms with Gasteiger partial charge in [-0.1, -0.05) is 25.5 Å². The van der Waals surface area contributed by atoms with E-state index in [9.17, 15) is 23.8 Å². The van der Waals surface area contributed by atoms with E-state index >= 15 is 0 Å². The average molecular weight is 265 g/mol. The fourth-order valence-electron chi connectivity index (χ4n) is 1.12. The molecule has 1 aromatic carbocycles. The van der Waals surface area contributed by atoms with Gasteiger partial charge in [-0.15, -0.1) is 0 Å². The lowest BCUT2D eigenvalue weighted by molar-refractivity contribution is 0.362. The second-order valence-electron chi connectivity index (χ2n) is 3.44. The van der Waals surface area contributed by atoms with E-state index in [1.807, 2.05) is 0 Å². The SMILES string of the molecule is CC(N)c1ccc(S(F)(F)(F)(F)F)cc1F. The predicted molar refractivity (Wildman–Crippen MR) is 50.4 cm³/mol. The smallest absolute Gasteiger partial charge is 0.310 e. The van der Waals surface area contributed by atoms with Crippen LogP contribution in [0.2, 0.25) is 0 Å². The molecular formula is C8H9F6NS. The standard InChI is InChI=1S/C8H9F6NS/c1-5(15)7-3-2-6(4-8(7)9)16(10,11,12,13)14/h2-5H,15H2,1H3. The lowest BCUT2D eigenvalue weighted by Crippen LogP contribution is -2.10. The molecular weight excluding hydrogens is 256 g/mol. The Morgan fingerprint density at radius 2 is 1.62 bits per heavy atom. The minimum absolute atomic E-state index is 0.142. The zero-order valence-electron chi connectivity index (χ0n) is 8.06. The number of hydrogen-bond acceptors (Lipinski definition) is 1. The third kappa shape index (κ3) is 2.82. The Morgan fingerprint density at radius 3 is 1.94 bits per heavy atom. The van der Waals surface area contributed by atoms with Gasteiger partial charge in [-0.05, 0) is 19.1 Å². The molecule has 2 N–H and O–H groups in total. The normalized spacial score (nSPS) is 18.8. The lowest BCUT2D eigenvalue weighted by atomic mass is 10.1. The molecule has 16 heavy (non-hydrogen) atoms. The van der Waals surface area contributed by atoms with Gasteiger partial charge in [0.05, 0.1) is 0 Å². The minimum Gasteiger partial charge on any atom is -0.324 e. The van der Waals surface area contributed by atoms with E-state index in [-0.39, 0.29) is 17.7 Å². The number of rotatable bonds is 2. The Labute approximate surface area is 88.0 Å². The van der Waals surface area contributed by atoms with Crippen LogP contribution in [0.4, 0.5) is 23.8 Å². The highest BCUT2D eigenvalue weighted by Gasteiger charge is 2.65. The van der Waals surface area contributed by atoms with E-state index in [4.69, 9.17) is 5.73 Å². The van der Waals surface area contributed by atoms with E-state index in [0.717, 1.165) is 0 Å². The quantitative estimate of drug-likeness (QED) is 0.782. The van der Waals surface area contributed by atoms with Crippen LogP contribution in [-0.4, -0.2) is 0 Å². The van der Waals surface area contributed by atoms with Crippen LogP contribution in [0.25, 0.3) is 0 Å². The molecule has 0 amide bonds. The first-order chi connectivity index (χ1) is 6.81. The van der Waals surface area contributed by atoms with Crippen LogP contribution >= 0.6 is 10.2 Å². The first-order valence-electron chi connectivity index (χ1n) is 4.10. The second kappa shape index (κ2) is 2.86. The monoisotopic (exact) mass is 265 g/mol. The molecule has 0 bridgehead atoms. The van der Waals surface area contributed by atoms with Crippen LogP contribution in [0.3, 0.4) is 0 Å². The summed E-state index contributed by atoms with van der Waals surface area (Å²) in [5.74, 6) is -1.39. The second-order valence-corrected chi connectivity index (χ2v) is 5.85. The average Bonchev–Trinajstić information content (AvgIpc) is 1.98. The van der Waals surface area contributed by atoms with Gasteiger partial charge in [0.1, 0.15) is 10.7 Å². The maximum atomic E-state index is 13.1. The van der Waals surface area contributed by atoms with Crippen molar-refractivity contribution in [3.63, 3.8) is 0 Å². The van der Waals surface area contributed by atoms with Crippen molar-refractivity contribution < 1.29 is 23.8 Å². The van der Waals surface area contributed by atoms with E-state index in [1.165, 1.54) is 6.92 Å². The summed E-state index contributed by atoms with van der Waals surface area (Å²) in [5, 5.41) is 0. The number of nitrogens with two attached hydrogens (primary N) is 1. The third-order valence-electron chi connectivity index (χ3n) is 1.91. The Kier molecular flexibility index (Phi) is 2.36. The Hall–Kier alpha value is -0.890. The summed E-state index contributed by atoms with van der Waals surface area (Å²) in [7, 11) is -9.81. The van der Waals surface area contributed by atoms with Gasteiger partial charge in [0, 0.05) is 11.6 Å². The molecule has 0 aromatic heterocycles. The van der Waals surface area contributed by atoms with Gasteiger partial charge >= 0.3 is 10.2 Å². The van der Waals surface area contributed by atoms with Crippen LogP contribution in [0.1, 0.15) is 18.5 Å². The number of benzene rings is 1. The van der Waals surface area contributed by atoms with Crippen LogP contribution in [-0.2, 0) is 0 Å². The van der Waals surface area contributed by atoms with Crippen LogP contribution < -0.4 is 5.73 Å². The van der Waals surface area contributed by atoms with Gasteiger partial charge in [-0.25, -0.2) is 4.39 Å². The van der Waals surface area contributed by atoms with E-state index in [2.05, 4.69) is 0 Å². The van der Waals surface area contributed by atoms with Crippen LogP contribution in [0.5, 0.6) is 0 Å². The van der Waals surface area contributed by atoms with Crippen molar-refractivity contribution in [2.24, 2.45) is 5.73 Å². The zero-order chi connectivity index (χ0) is 12.8. The molecule has 1 unspecified atom stereocenters. The van der Waals surface area contributed by atoms with E-state index in [0.29, 0.717) is 6.07 Å². The van der Waals surface area contributed by atoms with Gasteiger partial charge in [0.25, 0.3) is 0 Å². The first-order valence-corrected chi connectivity index (χ1v) is 6.05. The Balaban J connectivity index is 3.40. The summed E-state index contributed by atoms with van der Waals surface area (Å²) < 4.78 is 74.4. The summed E-state index contributed by atoms with van der Waals surface area (Å²) in [5.41, 5.74) is 5.00. The van der Waals surface area contributed by atoms with Crippen molar-refractivity contribution in [2.75, 3.05) is 0 Å². The first kappa shape index (κ1) is 13.2. The van der Waals surface area contributed by atoms with Crippen molar-refractivity contribution in [3.05, 3.63) is 29.6 Å². The fourth-order valence-corrected chi connectivity index (χ4v) is 1.77. The molecule has 0 fully saturated rings. The molecule has 0 radical (unpaired) electrons. The van der Waals surface area contributed by atoms with Gasteiger partial charge < -0.3 is 5.73 Å². The summed E-state index contributed by atoms with van der Waals surface area (Å²) in [6, 6.07) is -0.329. The molecule has 0 saturated carbocycles. The van der Waals surface area contributed by atoms with E-state index < -0.39 is 27.0 Å². The lowest BCUT2D eigenvalue weighted by Gasteiger charge is -2.40. The van der Waals surface area contributed by atoms with Gasteiger partial charge in [0.15, 0.2) is 0 Å². The molecule has 0 heterocycles. The summed E-state index contributed by atoms with van der Waals surface area (Å²) in [4.78, 5) is -2.25. The Bertz CT molecular complexity index is 423. The highest BCUT2D eigenvalue weighted by Crippen LogP contribution is 3.02. The maximum Gasteiger partial charge on any atom is 0.310 e. The molecule has 1 aromatic rings. The molecule has 0 aliphatic carbocycles.